The van der Waals surface area contributed by atoms with Crippen molar-refractivity contribution in [1.29, 1.82) is 0 Å². The number of hydrogen-bond acceptors (Lipinski definition) is 4. The molecule has 0 saturated heterocycles. The fraction of sp³-hybridized carbons (Fsp3) is 0.333. The van der Waals surface area contributed by atoms with Gasteiger partial charge in [-0.3, -0.25) is 4.31 Å². The van der Waals surface area contributed by atoms with Crippen molar-refractivity contribution in [2.45, 2.75) is 30.3 Å². The third kappa shape index (κ3) is 3.28. The van der Waals surface area contributed by atoms with E-state index >= 15 is 0 Å². The summed E-state index contributed by atoms with van der Waals surface area (Å²) >= 11 is 1.49. The van der Waals surface area contributed by atoms with E-state index in [1.807, 2.05) is 18.2 Å². The average molecular weight is 322 g/mol. The minimum absolute atomic E-state index is 0.367. The molecule has 1 aliphatic rings. The fourth-order valence-electron chi connectivity index (χ4n) is 2.06. The zero-order valence-corrected chi connectivity index (χ0v) is 13.5. The summed E-state index contributed by atoms with van der Waals surface area (Å²) in [6, 6.07) is 11.5. The first-order valence-electron chi connectivity index (χ1n) is 6.92. The number of sulfonamides is 1. The zero-order chi connectivity index (χ0) is 14.9. The molecule has 2 aromatic rings. The van der Waals surface area contributed by atoms with Gasteiger partial charge in [-0.2, -0.15) is 0 Å². The molecule has 1 aromatic carbocycles. The Bertz CT molecular complexity index is 706. The van der Waals surface area contributed by atoms with E-state index in [2.05, 4.69) is 5.32 Å². The van der Waals surface area contributed by atoms with Gasteiger partial charge in [-0.25, -0.2) is 8.42 Å². The molecule has 112 valence electrons. The Morgan fingerprint density at radius 3 is 2.67 bits per heavy atom. The predicted octanol–water partition coefficient (Wildman–Crippen LogP) is 2.83. The molecule has 0 unspecified atom stereocenters. The van der Waals surface area contributed by atoms with Crippen molar-refractivity contribution in [1.82, 2.24) is 5.32 Å². The molecule has 1 fully saturated rings. The van der Waals surface area contributed by atoms with Crippen molar-refractivity contribution in [2.75, 3.05) is 11.4 Å². The lowest BCUT2D eigenvalue weighted by Gasteiger charge is -2.18. The number of thiophene rings is 1. The number of nitrogens with zero attached hydrogens (tertiary/aromatic N) is 1. The van der Waals surface area contributed by atoms with Gasteiger partial charge in [-0.05, 0) is 31.0 Å². The molecule has 1 N–H and O–H groups in total. The van der Waals surface area contributed by atoms with Crippen LogP contribution in [0.3, 0.4) is 0 Å². The van der Waals surface area contributed by atoms with E-state index in [9.17, 15) is 8.42 Å². The lowest BCUT2D eigenvalue weighted by atomic mass is 10.3. The first-order chi connectivity index (χ1) is 10.1. The quantitative estimate of drug-likeness (QED) is 0.890. The Balaban J connectivity index is 1.77. The van der Waals surface area contributed by atoms with Crippen molar-refractivity contribution in [2.24, 2.45) is 0 Å². The third-order valence-electron chi connectivity index (χ3n) is 3.55. The summed E-state index contributed by atoms with van der Waals surface area (Å²) in [5.41, 5.74) is 0.668. The summed E-state index contributed by atoms with van der Waals surface area (Å²) in [5.74, 6) is 0. The Morgan fingerprint density at radius 1 is 1.29 bits per heavy atom. The monoisotopic (exact) mass is 322 g/mol. The molecule has 0 bridgehead atoms. The second-order valence-electron chi connectivity index (χ2n) is 5.21. The maximum Gasteiger partial charge on any atom is 0.264 e. The van der Waals surface area contributed by atoms with Gasteiger partial charge in [0.15, 0.2) is 0 Å². The predicted molar refractivity (Wildman–Crippen MR) is 86.2 cm³/mol. The SMILES string of the molecule is CN(c1ccccc1)S(=O)(=O)c1csc(CNC2CC2)c1. The summed E-state index contributed by atoms with van der Waals surface area (Å²) in [4.78, 5) is 1.42. The summed E-state index contributed by atoms with van der Waals surface area (Å²) in [5, 5.41) is 5.12. The maximum absolute atomic E-state index is 12.6. The smallest absolute Gasteiger partial charge is 0.264 e. The van der Waals surface area contributed by atoms with E-state index in [0.717, 1.165) is 11.4 Å². The van der Waals surface area contributed by atoms with Crippen LogP contribution in [-0.2, 0) is 16.6 Å². The number of rotatable bonds is 6. The molecule has 1 saturated carbocycles. The molecule has 21 heavy (non-hydrogen) atoms. The van der Waals surface area contributed by atoms with Gasteiger partial charge in [-0.1, -0.05) is 18.2 Å². The van der Waals surface area contributed by atoms with Gasteiger partial charge < -0.3 is 5.32 Å². The normalized spacial score (nSPS) is 15.1. The van der Waals surface area contributed by atoms with Gasteiger partial charge in [-0.15, -0.1) is 11.3 Å². The first-order valence-corrected chi connectivity index (χ1v) is 9.24. The van der Waals surface area contributed by atoms with E-state index < -0.39 is 10.0 Å². The van der Waals surface area contributed by atoms with Crippen LogP contribution in [0.1, 0.15) is 17.7 Å². The van der Waals surface area contributed by atoms with Crippen LogP contribution >= 0.6 is 11.3 Å². The van der Waals surface area contributed by atoms with Crippen LogP contribution in [-0.4, -0.2) is 21.5 Å². The summed E-state index contributed by atoms with van der Waals surface area (Å²) in [7, 11) is -1.89. The van der Waals surface area contributed by atoms with Crippen molar-refractivity contribution < 1.29 is 8.42 Å². The molecule has 0 aliphatic heterocycles. The standard InChI is InChI=1S/C15H18N2O2S2/c1-17(13-5-3-2-4-6-13)21(18,19)15-9-14(20-11-15)10-16-12-7-8-12/h2-6,9,11-12,16H,7-8,10H2,1H3. The van der Waals surface area contributed by atoms with Crippen molar-refractivity contribution in [3.8, 4) is 0 Å². The lowest BCUT2D eigenvalue weighted by molar-refractivity contribution is 0.594. The molecule has 6 heteroatoms. The van der Waals surface area contributed by atoms with Gasteiger partial charge in [0.2, 0.25) is 0 Å². The highest BCUT2D eigenvalue weighted by Crippen LogP contribution is 2.26. The number of benzene rings is 1. The van der Waals surface area contributed by atoms with Gasteiger partial charge in [0.05, 0.1) is 10.6 Å². The molecular formula is C15H18N2O2S2. The van der Waals surface area contributed by atoms with Gasteiger partial charge in [0.1, 0.15) is 0 Å². The highest BCUT2D eigenvalue weighted by molar-refractivity contribution is 7.93. The molecular weight excluding hydrogens is 304 g/mol. The third-order valence-corrected chi connectivity index (χ3v) is 6.40. The largest absolute Gasteiger partial charge is 0.309 e. The van der Waals surface area contributed by atoms with E-state index in [4.69, 9.17) is 0 Å². The molecule has 3 rings (SSSR count). The zero-order valence-electron chi connectivity index (χ0n) is 11.8. The number of nitrogens with one attached hydrogen (secondary N) is 1. The molecule has 0 radical (unpaired) electrons. The molecule has 1 heterocycles. The molecule has 1 aliphatic carbocycles. The molecule has 0 spiro atoms. The molecule has 0 atom stereocenters. The van der Waals surface area contributed by atoms with Crippen LogP contribution in [0.15, 0.2) is 46.7 Å². The maximum atomic E-state index is 12.6. The first kappa shape index (κ1) is 14.6. The van der Waals surface area contributed by atoms with Crippen LogP contribution < -0.4 is 9.62 Å². The van der Waals surface area contributed by atoms with Gasteiger partial charge >= 0.3 is 0 Å². The second-order valence-corrected chi connectivity index (χ2v) is 8.18. The van der Waals surface area contributed by atoms with Gasteiger partial charge in [0, 0.05) is 29.9 Å². The van der Waals surface area contributed by atoms with Crippen LogP contribution in [0.5, 0.6) is 0 Å². The Hall–Kier alpha value is -1.37. The summed E-state index contributed by atoms with van der Waals surface area (Å²) in [6.45, 7) is 0.750. The van der Waals surface area contributed by atoms with Crippen molar-refractivity contribution in [3.05, 3.63) is 46.7 Å². The topological polar surface area (TPSA) is 49.4 Å². The number of anilines is 1. The Morgan fingerprint density at radius 2 is 2.00 bits per heavy atom. The summed E-state index contributed by atoms with van der Waals surface area (Å²) < 4.78 is 26.5. The van der Waals surface area contributed by atoms with Crippen LogP contribution in [0.2, 0.25) is 0 Å². The lowest BCUT2D eigenvalue weighted by Crippen LogP contribution is -2.26. The number of para-hydroxylation sites is 1. The fourth-order valence-corrected chi connectivity index (χ4v) is 4.46. The molecule has 4 nitrogen and oxygen atoms in total. The average Bonchev–Trinajstić information content (AvgIpc) is 3.21. The number of hydrogen-bond donors (Lipinski definition) is 1. The van der Waals surface area contributed by atoms with Gasteiger partial charge in [0.25, 0.3) is 10.0 Å². The van der Waals surface area contributed by atoms with Crippen LogP contribution in [0.25, 0.3) is 0 Å². The minimum atomic E-state index is -3.48. The Kier molecular flexibility index (Phi) is 4.01. The van der Waals surface area contributed by atoms with Crippen molar-refractivity contribution >= 4 is 27.0 Å². The van der Waals surface area contributed by atoms with Crippen LogP contribution in [0.4, 0.5) is 5.69 Å². The highest BCUT2D eigenvalue weighted by atomic mass is 32.2. The minimum Gasteiger partial charge on any atom is -0.309 e. The second kappa shape index (κ2) is 5.79. The van der Waals surface area contributed by atoms with E-state index in [-0.39, 0.29) is 0 Å². The summed E-state index contributed by atoms with van der Waals surface area (Å²) in [6.07, 6.45) is 2.46. The molecule has 0 amide bonds. The van der Waals surface area contributed by atoms with Crippen molar-refractivity contribution in [3.63, 3.8) is 0 Å². The Labute approximate surface area is 129 Å². The molecule has 1 aromatic heterocycles. The van der Waals surface area contributed by atoms with E-state index in [1.54, 1.807) is 30.6 Å². The van der Waals surface area contributed by atoms with E-state index in [1.165, 1.54) is 28.5 Å². The van der Waals surface area contributed by atoms with Crippen LogP contribution in [0, 0.1) is 0 Å². The van der Waals surface area contributed by atoms with E-state index in [0.29, 0.717) is 16.6 Å². The highest BCUT2D eigenvalue weighted by Gasteiger charge is 2.24.